The number of amides is 1. The Morgan fingerprint density at radius 2 is 1.92 bits per heavy atom. The molecule has 24 heavy (non-hydrogen) atoms. The highest BCUT2D eigenvalue weighted by Crippen LogP contribution is 2.22. The summed E-state index contributed by atoms with van der Waals surface area (Å²) in [5.41, 5.74) is 1.72. The van der Waals surface area contributed by atoms with E-state index in [0.29, 0.717) is 5.69 Å². The summed E-state index contributed by atoms with van der Waals surface area (Å²) in [4.78, 5) is 18.8. The van der Waals surface area contributed by atoms with Crippen LogP contribution in [0.15, 0.2) is 54.7 Å². The van der Waals surface area contributed by atoms with Gasteiger partial charge in [-0.1, -0.05) is 37.3 Å². The van der Waals surface area contributed by atoms with Crippen molar-refractivity contribution in [3.8, 4) is 0 Å². The van der Waals surface area contributed by atoms with E-state index in [0.717, 1.165) is 30.4 Å². The Morgan fingerprint density at radius 3 is 2.58 bits per heavy atom. The third kappa shape index (κ3) is 4.44. The Kier molecular flexibility index (Phi) is 5.26. The highest BCUT2D eigenvalue weighted by atomic mass is 16.1. The fourth-order valence-electron chi connectivity index (χ4n) is 2.80. The fourth-order valence-corrected chi connectivity index (χ4v) is 2.80. The molecule has 0 radical (unpaired) electrons. The third-order valence-corrected chi connectivity index (χ3v) is 4.35. The number of hydrogen-bond acceptors (Lipinski definition) is 3. The van der Waals surface area contributed by atoms with Crippen molar-refractivity contribution in [3.63, 3.8) is 0 Å². The molecule has 1 saturated heterocycles. The monoisotopic (exact) mass is 321 g/mol. The van der Waals surface area contributed by atoms with Gasteiger partial charge in [-0.05, 0) is 42.5 Å². The van der Waals surface area contributed by atoms with Gasteiger partial charge in [-0.15, -0.1) is 0 Å². The summed E-state index contributed by atoms with van der Waals surface area (Å²) in [5, 5.41) is 2.84. The van der Waals surface area contributed by atoms with Crippen LogP contribution in [0, 0.1) is 5.92 Å². The van der Waals surface area contributed by atoms with Crippen LogP contribution in [-0.4, -0.2) is 24.0 Å². The number of carbonyl (C=O) groups is 1. The molecule has 0 bridgehead atoms. The van der Waals surface area contributed by atoms with Crippen LogP contribution in [0.3, 0.4) is 0 Å². The number of benzene rings is 1. The number of hydrogen-bond donors (Lipinski definition) is 1. The van der Waals surface area contributed by atoms with Crippen molar-refractivity contribution in [2.24, 2.45) is 5.92 Å². The molecule has 3 rings (SSSR count). The van der Waals surface area contributed by atoms with E-state index in [1.807, 2.05) is 42.5 Å². The van der Waals surface area contributed by atoms with Crippen molar-refractivity contribution in [1.82, 2.24) is 4.98 Å². The molecule has 1 aromatic carbocycles. The van der Waals surface area contributed by atoms with Crippen molar-refractivity contribution in [2.45, 2.75) is 19.8 Å². The van der Waals surface area contributed by atoms with Crippen molar-refractivity contribution in [2.75, 3.05) is 23.3 Å². The minimum Gasteiger partial charge on any atom is -0.357 e. The molecule has 0 unspecified atom stereocenters. The topological polar surface area (TPSA) is 45.2 Å². The zero-order valence-corrected chi connectivity index (χ0v) is 14.0. The molecular formula is C20H23N3O. The lowest BCUT2D eigenvalue weighted by atomic mass is 9.99. The van der Waals surface area contributed by atoms with Gasteiger partial charge in [0, 0.05) is 19.2 Å². The highest BCUT2D eigenvalue weighted by molar-refractivity contribution is 6.01. The van der Waals surface area contributed by atoms with Gasteiger partial charge < -0.3 is 10.2 Å². The van der Waals surface area contributed by atoms with E-state index in [1.54, 1.807) is 12.3 Å². The summed E-state index contributed by atoms with van der Waals surface area (Å²) >= 11 is 0. The zero-order valence-electron chi connectivity index (χ0n) is 14.0. The lowest BCUT2D eigenvalue weighted by Crippen LogP contribution is -2.33. The molecule has 1 aromatic heterocycles. The highest BCUT2D eigenvalue weighted by Gasteiger charge is 2.16. The van der Waals surface area contributed by atoms with Crippen LogP contribution in [0.1, 0.15) is 25.3 Å². The second-order valence-electron chi connectivity index (χ2n) is 6.31. The molecule has 124 valence electrons. The average molecular weight is 321 g/mol. The lowest BCUT2D eigenvalue weighted by molar-refractivity contribution is -0.111. The Morgan fingerprint density at radius 1 is 1.17 bits per heavy atom. The number of nitrogens with zero attached hydrogens (tertiary/aromatic N) is 2. The van der Waals surface area contributed by atoms with Gasteiger partial charge in [-0.2, -0.15) is 0 Å². The SMILES string of the molecule is CC1CCN(c2ccc(NC(=O)/C=C/c3ccccc3)cn2)CC1. The summed E-state index contributed by atoms with van der Waals surface area (Å²) in [5.74, 6) is 1.64. The van der Waals surface area contributed by atoms with Gasteiger partial charge in [-0.3, -0.25) is 4.79 Å². The van der Waals surface area contributed by atoms with Crippen LogP contribution < -0.4 is 10.2 Å². The molecule has 1 amide bonds. The van der Waals surface area contributed by atoms with E-state index in [9.17, 15) is 4.79 Å². The molecule has 1 aliphatic rings. The Labute approximate surface area is 143 Å². The quantitative estimate of drug-likeness (QED) is 0.867. The van der Waals surface area contributed by atoms with Crippen molar-refractivity contribution < 1.29 is 4.79 Å². The Bertz CT molecular complexity index is 687. The first-order chi connectivity index (χ1) is 11.7. The average Bonchev–Trinajstić information content (AvgIpc) is 2.62. The van der Waals surface area contributed by atoms with Crippen molar-refractivity contribution in [3.05, 3.63) is 60.3 Å². The van der Waals surface area contributed by atoms with E-state index in [2.05, 4.69) is 22.1 Å². The summed E-state index contributed by atoms with van der Waals surface area (Å²) in [6.07, 6.45) is 7.48. The van der Waals surface area contributed by atoms with Gasteiger partial charge in [0.05, 0.1) is 11.9 Å². The van der Waals surface area contributed by atoms with Crippen LogP contribution in [0.25, 0.3) is 6.08 Å². The number of carbonyl (C=O) groups excluding carboxylic acids is 1. The summed E-state index contributed by atoms with van der Waals surface area (Å²) in [6.45, 7) is 4.41. The second-order valence-corrected chi connectivity index (χ2v) is 6.31. The van der Waals surface area contributed by atoms with Crippen LogP contribution in [0.4, 0.5) is 11.5 Å². The minimum absolute atomic E-state index is 0.153. The lowest BCUT2D eigenvalue weighted by Gasteiger charge is -2.31. The van der Waals surface area contributed by atoms with Gasteiger partial charge in [0.25, 0.3) is 0 Å². The molecule has 0 aliphatic carbocycles. The molecule has 0 atom stereocenters. The fraction of sp³-hybridized carbons (Fsp3) is 0.300. The van der Waals surface area contributed by atoms with Crippen LogP contribution in [0.5, 0.6) is 0 Å². The third-order valence-electron chi connectivity index (χ3n) is 4.35. The Hall–Kier alpha value is -2.62. The molecule has 0 spiro atoms. The first-order valence-electron chi connectivity index (χ1n) is 8.46. The number of aromatic nitrogens is 1. The maximum Gasteiger partial charge on any atom is 0.248 e. The largest absolute Gasteiger partial charge is 0.357 e. The van der Waals surface area contributed by atoms with Gasteiger partial charge >= 0.3 is 0 Å². The maximum atomic E-state index is 12.0. The van der Waals surface area contributed by atoms with Crippen LogP contribution in [0.2, 0.25) is 0 Å². The molecule has 2 aromatic rings. The second kappa shape index (κ2) is 7.77. The van der Waals surface area contributed by atoms with Crippen LogP contribution in [-0.2, 0) is 4.79 Å². The first kappa shape index (κ1) is 16.2. The summed E-state index contributed by atoms with van der Waals surface area (Å²) < 4.78 is 0. The smallest absolute Gasteiger partial charge is 0.248 e. The van der Waals surface area contributed by atoms with E-state index in [-0.39, 0.29) is 5.91 Å². The van der Waals surface area contributed by atoms with Crippen molar-refractivity contribution >= 4 is 23.5 Å². The molecule has 1 N–H and O–H groups in total. The van der Waals surface area contributed by atoms with Gasteiger partial charge in [-0.25, -0.2) is 4.98 Å². The molecule has 4 nitrogen and oxygen atoms in total. The molecule has 1 fully saturated rings. The van der Waals surface area contributed by atoms with E-state index in [4.69, 9.17) is 0 Å². The van der Waals surface area contributed by atoms with Gasteiger partial charge in [0.2, 0.25) is 5.91 Å². The molecule has 0 saturated carbocycles. The Balaban J connectivity index is 1.56. The number of piperidine rings is 1. The standard InChI is InChI=1S/C20H23N3O/c1-16-11-13-23(14-12-16)19-9-8-18(15-21-19)22-20(24)10-7-17-5-3-2-4-6-17/h2-10,15-16H,11-14H2,1H3,(H,22,24)/b10-7+. The van der Waals surface area contributed by atoms with Crippen LogP contribution >= 0.6 is 0 Å². The minimum atomic E-state index is -0.153. The van der Waals surface area contributed by atoms with E-state index >= 15 is 0 Å². The van der Waals surface area contributed by atoms with E-state index in [1.165, 1.54) is 18.9 Å². The molecule has 1 aliphatic heterocycles. The van der Waals surface area contributed by atoms with E-state index < -0.39 is 0 Å². The zero-order chi connectivity index (χ0) is 16.8. The molecule has 2 heterocycles. The predicted octanol–water partition coefficient (Wildman–Crippen LogP) is 3.97. The number of rotatable bonds is 4. The number of anilines is 2. The molecular weight excluding hydrogens is 298 g/mol. The summed E-state index contributed by atoms with van der Waals surface area (Å²) in [7, 11) is 0. The normalized spacial score (nSPS) is 15.6. The first-order valence-corrected chi connectivity index (χ1v) is 8.46. The summed E-state index contributed by atoms with van der Waals surface area (Å²) in [6, 6.07) is 13.6. The van der Waals surface area contributed by atoms with Gasteiger partial charge in [0.1, 0.15) is 5.82 Å². The van der Waals surface area contributed by atoms with Gasteiger partial charge in [0.15, 0.2) is 0 Å². The predicted molar refractivity (Wildman–Crippen MR) is 99.0 cm³/mol. The van der Waals surface area contributed by atoms with Crippen molar-refractivity contribution in [1.29, 1.82) is 0 Å². The number of pyridine rings is 1. The maximum absolute atomic E-state index is 12.0. The molecule has 4 heteroatoms. The number of nitrogens with one attached hydrogen (secondary N) is 1.